The standard InChI is InChI=1S/C21H36N4O/c1-5-22-21(25-14-12-20(13-15-25)26-6-2)23-16-18(3)24(4)17-19-10-8-7-9-11-19/h7-11,18,20H,5-6,12-17H2,1-4H3,(H,22,23). The van der Waals surface area contributed by atoms with Gasteiger partial charge in [0, 0.05) is 38.8 Å². The van der Waals surface area contributed by atoms with Gasteiger partial charge in [-0.05, 0) is 46.2 Å². The number of aliphatic imine (C=N–C) groups is 1. The van der Waals surface area contributed by atoms with E-state index in [0.29, 0.717) is 12.1 Å². The maximum atomic E-state index is 5.76. The Kier molecular flexibility index (Phi) is 8.92. The molecule has 1 aliphatic rings. The zero-order chi connectivity index (χ0) is 18.8. The highest BCUT2D eigenvalue weighted by Gasteiger charge is 2.21. The van der Waals surface area contributed by atoms with Gasteiger partial charge in [-0.1, -0.05) is 30.3 Å². The van der Waals surface area contributed by atoms with Crippen LogP contribution in [0, 0.1) is 0 Å². The molecule has 1 atom stereocenters. The quantitative estimate of drug-likeness (QED) is 0.571. The predicted molar refractivity (Wildman–Crippen MR) is 110 cm³/mol. The summed E-state index contributed by atoms with van der Waals surface area (Å²) < 4.78 is 5.76. The molecule has 0 spiro atoms. The number of hydrogen-bond acceptors (Lipinski definition) is 3. The molecule has 146 valence electrons. The molecule has 26 heavy (non-hydrogen) atoms. The van der Waals surface area contributed by atoms with Crippen LogP contribution in [-0.2, 0) is 11.3 Å². The van der Waals surface area contributed by atoms with Gasteiger partial charge in [0.15, 0.2) is 5.96 Å². The molecule has 1 N–H and O–H groups in total. The third-order valence-electron chi connectivity index (χ3n) is 5.01. The Bertz CT molecular complexity index is 526. The summed E-state index contributed by atoms with van der Waals surface area (Å²) in [5, 5.41) is 3.46. The van der Waals surface area contributed by atoms with Crippen molar-refractivity contribution in [2.75, 3.05) is 39.8 Å². The number of likely N-dealkylation sites (tertiary alicyclic amines) is 1. The van der Waals surface area contributed by atoms with Gasteiger partial charge in [-0.2, -0.15) is 0 Å². The van der Waals surface area contributed by atoms with Crippen molar-refractivity contribution in [1.29, 1.82) is 0 Å². The third kappa shape index (κ3) is 6.61. The molecule has 1 unspecified atom stereocenters. The summed E-state index contributed by atoms with van der Waals surface area (Å²) in [4.78, 5) is 9.66. The largest absolute Gasteiger partial charge is 0.378 e. The predicted octanol–water partition coefficient (Wildman–Crippen LogP) is 2.97. The first-order chi connectivity index (χ1) is 12.6. The molecule has 0 saturated carbocycles. The molecule has 1 saturated heterocycles. The van der Waals surface area contributed by atoms with Crippen molar-refractivity contribution >= 4 is 5.96 Å². The number of rotatable bonds is 8. The fraction of sp³-hybridized carbons (Fsp3) is 0.667. The third-order valence-corrected chi connectivity index (χ3v) is 5.01. The number of ether oxygens (including phenoxy) is 1. The van der Waals surface area contributed by atoms with Gasteiger partial charge in [0.25, 0.3) is 0 Å². The van der Waals surface area contributed by atoms with Crippen molar-refractivity contribution in [2.24, 2.45) is 4.99 Å². The van der Waals surface area contributed by atoms with Crippen LogP contribution in [0.3, 0.4) is 0 Å². The maximum Gasteiger partial charge on any atom is 0.193 e. The number of likely N-dealkylation sites (N-methyl/N-ethyl adjacent to an activating group) is 1. The van der Waals surface area contributed by atoms with Gasteiger partial charge in [0.05, 0.1) is 12.6 Å². The van der Waals surface area contributed by atoms with Crippen LogP contribution in [0.15, 0.2) is 35.3 Å². The highest BCUT2D eigenvalue weighted by Crippen LogP contribution is 2.14. The topological polar surface area (TPSA) is 40.1 Å². The van der Waals surface area contributed by atoms with Gasteiger partial charge in [0.1, 0.15) is 0 Å². The lowest BCUT2D eigenvalue weighted by molar-refractivity contribution is 0.0263. The second-order valence-corrected chi connectivity index (χ2v) is 7.09. The molecular weight excluding hydrogens is 324 g/mol. The van der Waals surface area contributed by atoms with E-state index in [0.717, 1.165) is 58.1 Å². The molecule has 2 rings (SSSR count). The Morgan fingerprint density at radius 3 is 2.58 bits per heavy atom. The molecule has 0 bridgehead atoms. The van der Waals surface area contributed by atoms with Crippen LogP contribution in [0.2, 0.25) is 0 Å². The van der Waals surface area contributed by atoms with Gasteiger partial charge < -0.3 is 15.0 Å². The summed E-state index contributed by atoms with van der Waals surface area (Å²) in [6.07, 6.45) is 2.58. The average molecular weight is 361 g/mol. The van der Waals surface area contributed by atoms with Crippen LogP contribution in [0.4, 0.5) is 0 Å². The van der Waals surface area contributed by atoms with E-state index in [4.69, 9.17) is 9.73 Å². The van der Waals surface area contributed by atoms with Gasteiger partial charge in [0.2, 0.25) is 0 Å². The number of guanidine groups is 1. The lowest BCUT2D eigenvalue weighted by atomic mass is 10.1. The van der Waals surface area contributed by atoms with Crippen LogP contribution in [0.1, 0.15) is 39.2 Å². The monoisotopic (exact) mass is 360 g/mol. The second kappa shape index (κ2) is 11.2. The van der Waals surface area contributed by atoms with Crippen molar-refractivity contribution in [2.45, 2.75) is 52.3 Å². The molecule has 0 aromatic heterocycles. The van der Waals surface area contributed by atoms with Crippen molar-refractivity contribution in [3.63, 3.8) is 0 Å². The smallest absolute Gasteiger partial charge is 0.193 e. The first kappa shape index (κ1) is 20.7. The van der Waals surface area contributed by atoms with E-state index in [-0.39, 0.29) is 0 Å². The molecule has 1 fully saturated rings. The molecule has 5 heteroatoms. The number of hydrogen-bond donors (Lipinski definition) is 1. The van der Waals surface area contributed by atoms with Crippen LogP contribution >= 0.6 is 0 Å². The molecular formula is C21H36N4O. The number of benzene rings is 1. The molecule has 1 aromatic rings. The van der Waals surface area contributed by atoms with Crippen molar-refractivity contribution in [1.82, 2.24) is 15.1 Å². The maximum absolute atomic E-state index is 5.76. The zero-order valence-corrected chi connectivity index (χ0v) is 16.9. The molecule has 0 aliphatic carbocycles. The highest BCUT2D eigenvalue weighted by molar-refractivity contribution is 5.80. The summed E-state index contributed by atoms with van der Waals surface area (Å²) in [7, 11) is 2.17. The van der Waals surface area contributed by atoms with Gasteiger partial charge in [-0.15, -0.1) is 0 Å². The highest BCUT2D eigenvalue weighted by atomic mass is 16.5. The number of nitrogens with one attached hydrogen (secondary N) is 1. The van der Waals surface area contributed by atoms with Crippen LogP contribution in [-0.4, -0.2) is 67.7 Å². The van der Waals surface area contributed by atoms with E-state index in [2.05, 4.69) is 73.3 Å². The van der Waals surface area contributed by atoms with Gasteiger partial charge in [-0.25, -0.2) is 0 Å². The molecule has 5 nitrogen and oxygen atoms in total. The van der Waals surface area contributed by atoms with E-state index in [1.165, 1.54) is 5.56 Å². The minimum Gasteiger partial charge on any atom is -0.378 e. The number of nitrogens with zero attached hydrogens (tertiary/aromatic N) is 3. The van der Waals surface area contributed by atoms with E-state index < -0.39 is 0 Å². The summed E-state index contributed by atoms with van der Waals surface area (Å²) in [6, 6.07) is 11.0. The van der Waals surface area contributed by atoms with Crippen LogP contribution in [0.25, 0.3) is 0 Å². The summed E-state index contributed by atoms with van der Waals surface area (Å²) in [5.41, 5.74) is 1.34. The summed E-state index contributed by atoms with van der Waals surface area (Å²) in [5.74, 6) is 1.04. The van der Waals surface area contributed by atoms with Crippen molar-refractivity contribution in [3.05, 3.63) is 35.9 Å². The van der Waals surface area contributed by atoms with Gasteiger partial charge >= 0.3 is 0 Å². The van der Waals surface area contributed by atoms with E-state index >= 15 is 0 Å². The van der Waals surface area contributed by atoms with E-state index in [9.17, 15) is 0 Å². The summed E-state index contributed by atoms with van der Waals surface area (Å²) in [6.45, 7) is 12.0. The molecule has 1 aliphatic heterocycles. The first-order valence-corrected chi connectivity index (χ1v) is 10.0. The van der Waals surface area contributed by atoms with Crippen molar-refractivity contribution < 1.29 is 4.74 Å². The average Bonchev–Trinajstić information content (AvgIpc) is 2.66. The van der Waals surface area contributed by atoms with Crippen molar-refractivity contribution in [3.8, 4) is 0 Å². The minimum absolute atomic E-state index is 0.393. The van der Waals surface area contributed by atoms with E-state index in [1.54, 1.807) is 0 Å². The molecule has 1 aromatic carbocycles. The van der Waals surface area contributed by atoms with Crippen LogP contribution in [0.5, 0.6) is 0 Å². The lowest BCUT2D eigenvalue weighted by Gasteiger charge is -2.34. The molecule has 0 radical (unpaired) electrons. The normalized spacial score (nSPS) is 17.6. The Hall–Kier alpha value is -1.59. The Morgan fingerprint density at radius 2 is 1.96 bits per heavy atom. The Labute approximate surface area is 159 Å². The second-order valence-electron chi connectivity index (χ2n) is 7.09. The molecule has 0 amide bonds. The minimum atomic E-state index is 0.393. The fourth-order valence-electron chi connectivity index (χ4n) is 3.28. The lowest BCUT2D eigenvalue weighted by Crippen LogP contribution is -2.47. The van der Waals surface area contributed by atoms with Crippen LogP contribution < -0.4 is 5.32 Å². The van der Waals surface area contributed by atoms with Gasteiger partial charge in [-0.3, -0.25) is 9.89 Å². The zero-order valence-electron chi connectivity index (χ0n) is 16.9. The Balaban J connectivity index is 1.87. The first-order valence-electron chi connectivity index (χ1n) is 10.0. The Morgan fingerprint density at radius 1 is 1.27 bits per heavy atom. The molecule has 1 heterocycles. The fourth-order valence-corrected chi connectivity index (χ4v) is 3.28. The summed E-state index contributed by atoms with van der Waals surface area (Å²) >= 11 is 0. The van der Waals surface area contributed by atoms with E-state index in [1.807, 2.05) is 0 Å². The number of piperidine rings is 1. The SMILES string of the molecule is CCNC(=NCC(C)N(C)Cc1ccccc1)N1CCC(OCC)CC1.